The van der Waals surface area contributed by atoms with Crippen molar-refractivity contribution < 1.29 is 18.3 Å². The van der Waals surface area contributed by atoms with Gasteiger partial charge in [-0.2, -0.15) is 4.31 Å². The van der Waals surface area contributed by atoms with E-state index in [1.807, 2.05) is 24.3 Å². The molecule has 0 aromatic heterocycles. The summed E-state index contributed by atoms with van der Waals surface area (Å²) in [7, 11) is -3.48. The Morgan fingerprint density at radius 2 is 1.81 bits per heavy atom. The molecule has 1 aliphatic carbocycles. The lowest BCUT2D eigenvalue weighted by Crippen LogP contribution is -2.44. The minimum atomic E-state index is -3.48. The van der Waals surface area contributed by atoms with Crippen LogP contribution < -0.4 is 0 Å². The van der Waals surface area contributed by atoms with Gasteiger partial charge in [-0.3, -0.25) is 4.79 Å². The van der Waals surface area contributed by atoms with Gasteiger partial charge in [0, 0.05) is 13.1 Å². The maximum Gasteiger partial charge on any atom is 0.311 e. The van der Waals surface area contributed by atoms with E-state index in [4.69, 9.17) is 5.11 Å². The fraction of sp³-hybridized carbons (Fsp3) is 0.400. The maximum absolute atomic E-state index is 12.7. The van der Waals surface area contributed by atoms with Gasteiger partial charge in [0.05, 0.1) is 11.2 Å². The molecular weight excluding hydrogens is 290 g/mol. The van der Waals surface area contributed by atoms with Crippen molar-refractivity contribution in [1.29, 1.82) is 0 Å². The SMILES string of the molecule is O=C(O)C1C=CCN(S(=O)(=O)C2Cc3ccccc3C2)C1. The normalized spacial score (nSPS) is 23.1. The Hall–Kier alpha value is -1.66. The average molecular weight is 307 g/mol. The van der Waals surface area contributed by atoms with Crippen molar-refractivity contribution in [3.63, 3.8) is 0 Å². The van der Waals surface area contributed by atoms with Gasteiger partial charge < -0.3 is 5.11 Å². The number of benzene rings is 1. The molecule has 0 spiro atoms. The Morgan fingerprint density at radius 1 is 1.19 bits per heavy atom. The molecule has 1 unspecified atom stereocenters. The summed E-state index contributed by atoms with van der Waals surface area (Å²) in [5, 5.41) is 8.58. The third-order valence-electron chi connectivity index (χ3n) is 4.19. The Balaban J connectivity index is 1.80. The first-order valence-corrected chi connectivity index (χ1v) is 8.44. The lowest BCUT2D eigenvalue weighted by Gasteiger charge is -2.28. The van der Waals surface area contributed by atoms with Gasteiger partial charge in [0.15, 0.2) is 0 Å². The Morgan fingerprint density at radius 3 is 2.38 bits per heavy atom. The molecule has 1 heterocycles. The number of hydrogen-bond donors (Lipinski definition) is 1. The van der Waals surface area contributed by atoms with Crippen molar-refractivity contribution in [2.45, 2.75) is 18.1 Å². The van der Waals surface area contributed by atoms with E-state index in [9.17, 15) is 13.2 Å². The molecule has 1 atom stereocenters. The Kier molecular flexibility index (Phi) is 3.59. The lowest BCUT2D eigenvalue weighted by atomic mass is 10.1. The third kappa shape index (κ3) is 2.61. The quantitative estimate of drug-likeness (QED) is 0.847. The first-order valence-electron chi connectivity index (χ1n) is 6.93. The summed E-state index contributed by atoms with van der Waals surface area (Å²) in [6.45, 7) is 0.292. The molecule has 1 aliphatic heterocycles. The molecule has 0 fully saturated rings. The molecule has 6 heteroatoms. The van der Waals surface area contributed by atoms with Crippen LogP contribution in [0.5, 0.6) is 0 Å². The van der Waals surface area contributed by atoms with E-state index in [1.165, 1.54) is 4.31 Å². The van der Waals surface area contributed by atoms with Gasteiger partial charge in [0.25, 0.3) is 0 Å². The van der Waals surface area contributed by atoms with Crippen LogP contribution in [-0.2, 0) is 27.7 Å². The number of fused-ring (bicyclic) bond motifs is 1. The van der Waals surface area contributed by atoms with Gasteiger partial charge in [-0.05, 0) is 24.0 Å². The van der Waals surface area contributed by atoms with Crippen LogP contribution in [0.4, 0.5) is 0 Å². The molecule has 2 aliphatic rings. The predicted molar refractivity (Wildman–Crippen MR) is 78.4 cm³/mol. The fourth-order valence-corrected chi connectivity index (χ4v) is 4.87. The van der Waals surface area contributed by atoms with Crippen molar-refractivity contribution in [2.75, 3.05) is 13.1 Å². The minimum absolute atomic E-state index is 0.0288. The number of aliphatic carboxylic acids is 1. The second-order valence-corrected chi connectivity index (χ2v) is 7.75. The van der Waals surface area contributed by atoms with Gasteiger partial charge >= 0.3 is 5.97 Å². The summed E-state index contributed by atoms with van der Waals surface area (Å²) in [6.07, 6.45) is 4.21. The van der Waals surface area contributed by atoms with E-state index >= 15 is 0 Å². The summed E-state index contributed by atoms with van der Waals surface area (Å²) in [6, 6.07) is 7.75. The first-order chi connectivity index (χ1) is 9.98. The molecule has 21 heavy (non-hydrogen) atoms. The molecule has 5 nitrogen and oxygen atoms in total. The molecule has 0 amide bonds. The molecule has 0 saturated heterocycles. The van der Waals surface area contributed by atoms with E-state index in [0.717, 1.165) is 11.1 Å². The standard InChI is InChI=1S/C15H17NO4S/c17-15(18)13-6-3-7-16(10-13)21(19,20)14-8-11-4-1-2-5-12(11)9-14/h1-6,13-14H,7-10H2,(H,17,18). The highest BCUT2D eigenvalue weighted by atomic mass is 32.2. The summed E-state index contributed by atoms with van der Waals surface area (Å²) in [4.78, 5) is 11.1. The van der Waals surface area contributed by atoms with E-state index < -0.39 is 27.2 Å². The zero-order valence-electron chi connectivity index (χ0n) is 11.5. The summed E-state index contributed by atoms with van der Waals surface area (Å²) < 4.78 is 26.8. The van der Waals surface area contributed by atoms with Crippen molar-refractivity contribution in [1.82, 2.24) is 4.31 Å². The molecule has 0 radical (unpaired) electrons. The molecule has 3 rings (SSSR count). The zero-order valence-corrected chi connectivity index (χ0v) is 12.3. The van der Waals surface area contributed by atoms with Gasteiger partial charge in [-0.25, -0.2) is 8.42 Å². The number of sulfonamides is 1. The van der Waals surface area contributed by atoms with Crippen LogP contribution in [0, 0.1) is 5.92 Å². The van der Waals surface area contributed by atoms with Gasteiger partial charge in [-0.15, -0.1) is 0 Å². The second-order valence-electron chi connectivity index (χ2n) is 5.53. The van der Waals surface area contributed by atoms with Crippen molar-refractivity contribution in [3.05, 3.63) is 47.5 Å². The van der Waals surface area contributed by atoms with Crippen LogP contribution in [0.3, 0.4) is 0 Å². The first kappa shape index (κ1) is 14.3. The number of carboxylic acid groups (broad SMARTS) is 1. The Bertz CT molecular complexity index is 670. The molecule has 0 saturated carbocycles. The van der Waals surface area contributed by atoms with Crippen molar-refractivity contribution in [3.8, 4) is 0 Å². The van der Waals surface area contributed by atoms with Crippen LogP contribution >= 0.6 is 0 Å². The lowest BCUT2D eigenvalue weighted by molar-refractivity contribution is -0.140. The Labute approximate surface area is 123 Å². The predicted octanol–water partition coefficient (Wildman–Crippen LogP) is 1.06. The monoisotopic (exact) mass is 307 g/mol. The minimum Gasteiger partial charge on any atom is -0.481 e. The van der Waals surface area contributed by atoms with E-state index in [-0.39, 0.29) is 13.1 Å². The van der Waals surface area contributed by atoms with Crippen LogP contribution in [0.25, 0.3) is 0 Å². The van der Waals surface area contributed by atoms with Crippen LogP contribution in [0.1, 0.15) is 11.1 Å². The molecule has 1 aromatic carbocycles. The fourth-order valence-electron chi connectivity index (χ4n) is 3.01. The van der Waals surface area contributed by atoms with Crippen molar-refractivity contribution in [2.24, 2.45) is 5.92 Å². The maximum atomic E-state index is 12.7. The highest BCUT2D eigenvalue weighted by Crippen LogP contribution is 2.29. The summed E-state index contributed by atoms with van der Waals surface area (Å²) in [5.41, 5.74) is 2.15. The number of hydrogen-bond acceptors (Lipinski definition) is 3. The van der Waals surface area contributed by atoms with E-state index in [2.05, 4.69) is 0 Å². The molecule has 1 N–H and O–H groups in total. The van der Waals surface area contributed by atoms with Crippen molar-refractivity contribution >= 4 is 16.0 Å². The molecule has 112 valence electrons. The van der Waals surface area contributed by atoms with Gasteiger partial charge in [0.2, 0.25) is 10.0 Å². The van der Waals surface area contributed by atoms with Crippen LogP contribution in [0.15, 0.2) is 36.4 Å². The third-order valence-corrected chi connectivity index (χ3v) is 6.38. The largest absolute Gasteiger partial charge is 0.481 e. The van der Waals surface area contributed by atoms with Crippen LogP contribution in [0.2, 0.25) is 0 Å². The van der Waals surface area contributed by atoms with Crippen LogP contribution in [-0.4, -0.2) is 42.1 Å². The summed E-state index contributed by atoms with van der Waals surface area (Å²) in [5.74, 6) is -1.74. The van der Waals surface area contributed by atoms with Gasteiger partial charge in [-0.1, -0.05) is 36.4 Å². The number of rotatable bonds is 3. The van der Waals surface area contributed by atoms with E-state index in [0.29, 0.717) is 12.8 Å². The zero-order chi connectivity index (χ0) is 15.0. The smallest absolute Gasteiger partial charge is 0.311 e. The number of carbonyl (C=O) groups is 1. The average Bonchev–Trinajstić information content (AvgIpc) is 2.92. The number of nitrogens with zero attached hydrogens (tertiary/aromatic N) is 1. The number of carboxylic acids is 1. The highest BCUT2D eigenvalue weighted by Gasteiger charge is 2.38. The second kappa shape index (κ2) is 5.27. The molecular formula is C15H17NO4S. The van der Waals surface area contributed by atoms with E-state index in [1.54, 1.807) is 12.2 Å². The highest BCUT2D eigenvalue weighted by molar-refractivity contribution is 7.89. The summed E-state index contributed by atoms with van der Waals surface area (Å²) >= 11 is 0. The molecule has 0 bridgehead atoms. The van der Waals surface area contributed by atoms with Gasteiger partial charge in [0.1, 0.15) is 0 Å². The molecule has 1 aromatic rings. The topological polar surface area (TPSA) is 74.7 Å².